The second kappa shape index (κ2) is 6.98. The van der Waals surface area contributed by atoms with Gasteiger partial charge < -0.3 is 14.5 Å². The molecule has 0 unspecified atom stereocenters. The second-order valence-corrected chi connectivity index (χ2v) is 7.11. The van der Waals surface area contributed by atoms with Gasteiger partial charge in [0.2, 0.25) is 5.95 Å². The van der Waals surface area contributed by atoms with E-state index in [1.807, 2.05) is 0 Å². The van der Waals surface area contributed by atoms with Gasteiger partial charge in [0.25, 0.3) is 11.8 Å². The van der Waals surface area contributed by atoms with Crippen LogP contribution in [0.15, 0.2) is 42.0 Å². The van der Waals surface area contributed by atoms with Crippen LogP contribution in [0.1, 0.15) is 20.8 Å². The molecule has 5 rings (SSSR count). The summed E-state index contributed by atoms with van der Waals surface area (Å²) in [5.74, 6) is -1.19. The number of pyridine rings is 1. The molecule has 31 heavy (non-hydrogen) atoms. The zero-order valence-corrected chi connectivity index (χ0v) is 16.0. The van der Waals surface area contributed by atoms with E-state index in [0.29, 0.717) is 16.6 Å². The largest absolute Gasteiger partial charge is 0.586 e. The lowest BCUT2D eigenvalue weighted by molar-refractivity contribution is -0.286. The van der Waals surface area contributed by atoms with Crippen LogP contribution in [0.4, 0.5) is 19.9 Å². The number of hydrogen-bond donors (Lipinski definition) is 3. The summed E-state index contributed by atoms with van der Waals surface area (Å²) in [7, 11) is 0. The van der Waals surface area contributed by atoms with Crippen molar-refractivity contribution < 1.29 is 27.8 Å². The molecule has 10 nitrogen and oxygen atoms in total. The van der Waals surface area contributed by atoms with Crippen molar-refractivity contribution in [1.29, 1.82) is 0 Å². The molecule has 0 fully saturated rings. The van der Waals surface area contributed by atoms with Crippen LogP contribution in [0.2, 0.25) is 0 Å². The summed E-state index contributed by atoms with van der Waals surface area (Å²) in [6.45, 7) is 0. The number of benzene rings is 1. The number of imidazole rings is 1. The maximum atomic E-state index is 13.1. The molecule has 3 N–H and O–H groups in total. The van der Waals surface area contributed by atoms with Crippen LogP contribution in [0.5, 0.6) is 11.5 Å². The molecule has 13 heteroatoms. The summed E-state index contributed by atoms with van der Waals surface area (Å²) in [6, 6.07) is 5.66. The first-order valence-electron chi connectivity index (χ1n) is 8.64. The molecule has 0 saturated heterocycles. The zero-order chi connectivity index (χ0) is 21.6. The molecule has 2 amide bonds. The van der Waals surface area contributed by atoms with Gasteiger partial charge in [-0.1, -0.05) is 0 Å². The third kappa shape index (κ3) is 3.73. The van der Waals surface area contributed by atoms with Gasteiger partial charge in [-0.25, -0.2) is 9.97 Å². The number of fused-ring (bicyclic) bond motifs is 2. The van der Waals surface area contributed by atoms with E-state index in [4.69, 9.17) is 0 Å². The molecule has 3 aromatic heterocycles. The third-order valence-electron chi connectivity index (χ3n) is 4.14. The Morgan fingerprint density at radius 2 is 1.77 bits per heavy atom. The average Bonchev–Trinajstić information content (AvgIpc) is 3.41. The molecule has 1 aromatic carbocycles. The minimum Gasteiger partial charge on any atom is -0.395 e. The summed E-state index contributed by atoms with van der Waals surface area (Å²) in [6.07, 6.45) is -0.754. The lowest BCUT2D eigenvalue weighted by Gasteiger charge is -2.04. The van der Waals surface area contributed by atoms with Crippen LogP contribution in [0.25, 0.3) is 11.0 Å². The Kier molecular flexibility index (Phi) is 4.25. The highest BCUT2D eigenvalue weighted by Crippen LogP contribution is 2.42. The van der Waals surface area contributed by atoms with E-state index in [1.54, 1.807) is 12.1 Å². The number of carbonyl (C=O) groups excluding carboxylic acids is 2. The molecule has 4 aromatic rings. The highest BCUT2D eigenvalue weighted by Gasteiger charge is 2.43. The fourth-order valence-corrected chi connectivity index (χ4v) is 3.48. The number of anilines is 2. The highest BCUT2D eigenvalue weighted by atomic mass is 32.1. The summed E-state index contributed by atoms with van der Waals surface area (Å²) in [5.41, 5.74) is 1.11. The monoisotopic (exact) mass is 444 g/mol. The number of thiazole rings is 1. The standard InChI is InChI=1S/C18H10F2N6O4S/c19-18(20)29-12-5-9-10(6-13(12)30-18)23-16(22-9)25-15(28)11-7-31-17(24-11)26-14(27)8-1-3-21-4-2-8/h1-7H,(H,24,26,27)(H2,22,23,25,28). The van der Waals surface area contributed by atoms with Gasteiger partial charge in [-0.3, -0.25) is 25.2 Å². The van der Waals surface area contributed by atoms with Crippen LogP contribution in [0, 0.1) is 0 Å². The number of amides is 2. The molecule has 1 aliphatic rings. The van der Waals surface area contributed by atoms with Crippen molar-refractivity contribution in [2.75, 3.05) is 10.6 Å². The number of halogens is 2. The van der Waals surface area contributed by atoms with E-state index in [0.717, 1.165) is 11.3 Å². The summed E-state index contributed by atoms with van der Waals surface area (Å²) in [4.78, 5) is 39.4. The number of H-pyrrole nitrogens is 1. The van der Waals surface area contributed by atoms with Crippen LogP contribution in [-0.4, -0.2) is 38.0 Å². The molecular weight excluding hydrogens is 434 g/mol. The van der Waals surface area contributed by atoms with Crippen molar-refractivity contribution in [3.63, 3.8) is 0 Å². The summed E-state index contributed by atoms with van der Waals surface area (Å²) < 4.78 is 35.1. The molecular formula is C18H10F2N6O4S. The van der Waals surface area contributed by atoms with E-state index in [1.165, 1.54) is 29.9 Å². The SMILES string of the molecule is O=C(Nc1nc(C(=O)Nc2nc3cc4c(cc3[nH]2)OC(F)(F)O4)cs1)c1ccncc1. The number of aromatic amines is 1. The van der Waals surface area contributed by atoms with Gasteiger partial charge in [-0.05, 0) is 12.1 Å². The predicted octanol–water partition coefficient (Wildman–Crippen LogP) is 3.24. The van der Waals surface area contributed by atoms with E-state index in [9.17, 15) is 18.4 Å². The average molecular weight is 444 g/mol. The minimum absolute atomic E-state index is 0.0595. The zero-order valence-electron chi connectivity index (χ0n) is 15.2. The Labute approximate surface area is 175 Å². The van der Waals surface area contributed by atoms with Gasteiger partial charge in [-0.15, -0.1) is 20.1 Å². The summed E-state index contributed by atoms with van der Waals surface area (Å²) >= 11 is 1.08. The van der Waals surface area contributed by atoms with Gasteiger partial charge >= 0.3 is 6.29 Å². The number of hydrogen-bond acceptors (Lipinski definition) is 8. The maximum Gasteiger partial charge on any atom is 0.586 e. The Hall–Kier alpha value is -4.13. The highest BCUT2D eigenvalue weighted by molar-refractivity contribution is 7.14. The first-order chi connectivity index (χ1) is 14.9. The fourth-order valence-electron chi connectivity index (χ4n) is 2.79. The molecule has 0 saturated carbocycles. The van der Waals surface area contributed by atoms with Crippen molar-refractivity contribution in [2.24, 2.45) is 0 Å². The third-order valence-corrected chi connectivity index (χ3v) is 4.89. The Balaban J connectivity index is 1.29. The van der Waals surface area contributed by atoms with E-state index in [-0.39, 0.29) is 34.2 Å². The lowest BCUT2D eigenvalue weighted by Crippen LogP contribution is -2.25. The Morgan fingerprint density at radius 1 is 1.03 bits per heavy atom. The molecule has 4 heterocycles. The normalized spacial score (nSPS) is 13.9. The topological polar surface area (TPSA) is 131 Å². The van der Waals surface area contributed by atoms with Crippen LogP contribution >= 0.6 is 11.3 Å². The fraction of sp³-hybridized carbons (Fsp3) is 0.0556. The van der Waals surface area contributed by atoms with Crippen LogP contribution in [-0.2, 0) is 0 Å². The quantitative estimate of drug-likeness (QED) is 0.440. The first kappa shape index (κ1) is 18.9. The maximum absolute atomic E-state index is 13.1. The van der Waals surface area contributed by atoms with Gasteiger partial charge in [0.1, 0.15) is 5.69 Å². The number of nitrogens with one attached hydrogen (secondary N) is 3. The number of ether oxygens (including phenoxy) is 2. The molecule has 0 radical (unpaired) electrons. The van der Waals surface area contributed by atoms with E-state index in [2.05, 4.69) is 40.0 Å². The number of rotatable bonds is 4. The van der Waals surface area contributed by atoms with Gasteiger partial charge in [0.15, 0.2) is 16.6 Å². The minimum atomic E-state index is -3.73. The molecule has 0 bridgehead atoms. The number of alkyl halides is 2. The van der Waals surface area contributed by atoms with Crippen molar-refractivity contribution in [3.8, 4) is 11.5 Å². The lowest BCUT2D eigenvalue weighted by atomic mass is 10.2. The van der Waals surface area contributed by atoms with Crippen LogP contribution in [0.3, 0.4) is 0 Å². The molecule has 0 aliphatic carbocycles. The van der Waals surface area contributed by atoms with Gasteiger partial charge in [0.05, 0.1) is 11.0 Å². The first-order valence-corrected chi connectivity index (χ1v) is 9.52. The molecule has 156 valence electrons. The second-order valence-electron chi connectivity index (χ2n) is 6.25. The van der Waals surface area contributed by atoms with Crippen molar-refractivity contribution in [3.05, 3.63) is 53.3 Å². The van der Waals surface area contributed by atoms with Crippen molar-refractivity contribution in [1.82, 2.24) is 19.9 Å². The van der Waals surface area contributed by atoms with Crippen molar-refractivity contribution >= 4 is 45.3 Å². The molecule has 0 atom stereocenters. The molecule has 1 aliphatic heterocycles. The van der Waals surface area contributed by atoms with Gasteiger partial charge in [-0.2, -0.15) is 0 Å². The summed E-state index contributed by atoms with van der Waals surface area (Å²) in [5, 5.41) is 6.83. The van der Waals surface area contributed by atoms with E-state index >= 15 is 0 Å². The predicted molar refractivity (Wildman–Crippen MR) is 105 cm³/mol. The Bertz CT molecular complexity index is 1280. The van der Waals surface area contributed by atoms with Gasteiger partial charge in [0, 0.05) is 35.5 Å². The Morgan fingerprint density at radius 3 is 2.55 bits per heavy atom. The smallest absolute Gasteiger partial charge is 0.395 e. The number of carbonyl (C=O) groups is 2. The molecule has 0 spiro atoms. The van der Waals surface area contributed by atoms with Crippen LogP contribution < -0.4 is 20.1 Å². The number of nitrogens with zero attached hydrogens (tertiary/aromatic N) is 3. The van der Waals surface area contributed by atoms with E-state index < -0.39 is 12.2 Å². The van der Waals surface area contributed by atoms with Crippen molar-refractivity contribution in [2.45, 2.75) is 6.29 Å². The number of aromatic nitrogens is 4.